The molecule has 1 aliphatic heterocycles. The number of hydrogen-bond donors (Lipinski definition) is 0. The van der Waals surface area contributed by atoms with Crippen LogP contribution in [0.2, 0.25) is 0 Å². The minimum absolute atomic E-state index is 0.632. The highest BCUT2D eigenvalue weighted by Gasteiger charge is 2.16. The van der Waals surface area contributed by atoms with E-state index >= 15 is 0 Å². The number of rotatable bonds is 1. The van der Waals surface area contributed by atoms with E-state index in [-0.39, 0.29) is 0 Å². The average Bonchev–Trinajstić information content (AvgIpc) is 2.82. The number of ether oxygens (including phenoxy) is 1. The van der Waals surface area contributed by atoms with Crippen molar-refractivity contribution in [1.82, 2.24) is 9.78 Å². The number of hydrogen-bond acceptors (Lipinski definition) is 3. The van der Waals surface area contributed by atoms with Crippen LogP contribution in [-0.4, -0.2) is 16.4 Å². The second kappa shape index (κ2) is 4.04. The maximum Gasteiger partial charge on any atom is 0.0992 e. The molecule has 2 heterocycles. The van der Waals surface area contributed by atoms with Crippen LogP contribution in [0.3, 0.4) is 0 Å². The Morgan fingerprint density at radius 3 is 3.24 bits per heavy atom. The van der Waals surface area contributed by atoms with Gasteiger partial charge in [0.1, 0.15) is 0 Å². The zero-order valence-electron chi connectivity index (χ0n) is 9.26. The minimum atomic E-state index is 0.632. The van der Waals surface area contributed by atoms with Crippen LogP contribution in [-0.2, 0) is 17.8 Å². The average molecular weight is 225 g/mol. The van der Waals surface area contributed by atoms with E-state index in [4.69, 9.17) is 10.00 Å². The van der Waals surface area contributed by atoms with Gasteiger partial charge in [-0.05, 0) is 18.2 Å². The van der Waals surface area contributed by atoms with Gasteiger partial charge in [0.2, 0.25) is 0 Å². The lowest BCUT2D eigenvalue weighted by atomic mass is 10.1. The molecule has 1 aromatic heterocycles. The van der Waals surface area contributed by atoms with E-state index in [0.29, 0.717) is 12.2 Å². The lowest BCUT2D eigenvalue weighted by Crippen LogP contribution is -2.12. The molecule has 0 radical (unpaired) electrons. The highest BCUT2D eigenvalue weighted by molar-refractivity contribution is 5.42. The summed E-state index contributed by atoms with van der Waals surface area (Å²) in [5.41, 5.74) is 3.91. The first kappa shape index (κ1) is 10.1. The van der Waals surface area contributed by atoms with Gasteiger partial charge in [-0.1, -0.05) is 6.07 Å². The molecule has 0 amide bonds. The zero-order chi connectivity index (χ0) is 11.7. The van der Waals surface area contributed by atoms with Crippen molar-refractivity contribution in [3.63, 3.8) is 0 Å². The van der Waals surface area contributed by atoms with Crippen LogP contribution in [0.5, 0.6) is 0 Å². The van der Waals surface area contributed by atoms with Crippen LogP contribution in [0, 0.1) is 11.3 Å². The summed E-state index contributed by atoms with van der Waals surface area (Å²) in [4.78, 5) is 0. The van der Waals surface area contributed by atoms with Crippen LogP contribution in [0.15, 0.2) is 30.5 Å². The topological polar surface area (TPSA) is 50.8 Å². The van der Waals surface area contributed by atoms with Crippen LogP contribution < -0.4 is 0 Å². The van der Waals surface area contributed by atoms with Crippen molar-refractivity contribution in [3.05, 3.63) is 47.3 Å². The fourth-order valence-corrected chi connectivity index (χ4v) is 2.08. The summed E-state index contributed by atoms with van der Waals surface area (Å²) in [5, 5.41) is 13.3. The molecule has 0 bridgehead atoms. The molecule has 0 spiro atoms. The second-order valence-electron chi connectivity index (χ2n) is 3.99. The molecule has 0 unspecified atom stereocenters. The monoisotopic (exact) mass is 225 g/mol. The van der Waals surface area contributed by atoms with E-state index in [9.17, 15) is 0 Å². The van der Waals surface area contributed by atoms with Crippen LogP contribution >= 0.6 is 0 Å². The van der Waals surface area contributed by atoms with E-state index in [1.165, 1.54) is 5.69 Å². The standard InChI is InChI=1S/C13H11N3O/c14-7-10-2-1-3-12(6-10)16-13-4-5-17-9-11(13)8-15-16/h1-3,6,8H,4-5,9H2. The van der Waals surface area contributed by atoms with Gasteiger partial charge in [-0.3, -0.25) is 0 Å². The second-order valence-corrected chi connectivity index (χ2v) is 3.99. The predicted molar refractivity (Wildman–Crippen MR) is 61.6 cm³/mol. The summed E-state index contributed by atoms with van der Waals surface area (Å²) < 4.78 is 7.29. The Labute approximate surface area is 99.1 Å². The normalized spacial score (nSPS) is 14.1. The summed E-state index contributed by atoms with van der Waals surface area (Å²) in [6, 6.07) is 9.63. The van der Waals surface area contributed by atoms with Gasteiger partial charge >= 0.3 is 0 Å². The molecular weight excluding hydrogens is 214 g/mol. The van der Waals surface area contributed by atoms with Crippen molar-refractivity contribution < 1.29 is 4.74 Å². The molecule has 0 aliphatic carbocycles. The summed E-state index contributed by atoms with van der Waals surface area (Å²) in [7, 11) is 0. The SMILES string of the molecule is N#Cc1cccc(-n2ncc3c2CCOC3)c1. The molecule has 0 atom stereocenters. The highest BCUT2D eigenvalue weighted by Crippen LogP contribution is 2.20. The van der Waals surface area contributed by atoms with Gasteiger partial charge in [0.15, 0.2) is 0 Å². The van der Waals surface area contributed by atoms with E-state index in [2.05, 4.69) is 11.2 Å². The van der Waals surface area contributed by atoms with Gasteiger partial charge in [-0.25, -0.2) is 4.68 Å². The van der Waals surface area contributed by atoms with E-state index < -0.39 is 0 Å². The van der Waals surface area contributed by atoms with Crippen molar-refractivity contribution in [1.29, 1.82) is 5.26 Å². The fourth-order valence-electron chi connectivity index (χ4n) is 2.08. The largest absolute Gasteiger partial charge is 0.376 e. The van der Waals surface area contributed by atoms with Gasteiger partial charge in [0, 0.05) is 12.0 Å². The third-order valence-electron chi connectivity index (χ3n) is 2.92. The molecule has 1 aliphatic rings. The molecule has 0 fully saturated rings. The van der Waals surface area contributed by atoms with Crippen molar-refractivity contribution >= 4 is 0 Å². The highest BCUT2D eigenvalue weighted by atomic mass is 16.5. The molecule has 4 heteroatoms. The number of nitriles is 1. The molecule has 0 saturated heterocycles. The molecular formula is C13H11N3O. The van der Waals surface area contributed by atoms with Gasteiger partial charge in [0.25, 0.3) is 0 Å². The Kier molecular flexibility index (Phi) is 2.39. The smallest absolute Gasteiger partial charge is 0.0992 e. The first-order chi connectivity index (χ1) is 8.38. The fraction of sp³-hybridized carbons (Fsp3) is 0.231. The molecule has 1 aromatic carbocycles. The summed E-state index contributed by atoms with van der Waals surface area (Å²) in [6.07, 6.45) is 2.71. The van der Waals surface area contributed by atoms with Crippen molar-refractivity contribution in [3.8, 4) is 11.8 Å². The molecule has 3 rings (SSSR count). The minimum Gasteiger partial charge on any atom is -0.376 e. The quantitative estimate of drug-likeness (QED) is 0.743. The lowest BCUT2D eigenvalue weighted by molar-refractivity contribution is 0.109. The van der Waals surface area contributed by atoms with Crippen LogP contribution in [0.4, 0.5) is 0 Å². The Hall–Kier alpha value is -2.12. The third kappa shape index (κ3) is 1.71. The molecule has 17 heavy (non-hydrogen) atoms. The van der Waals surface area contributed by atoms with Gasteiger partial charge in [-0.2, -0.15) is 10.4 Å². The molecule has 0 saturated carbocycles. The Bertz CT molecular complexity index is 595. The van der Waals surface area contributed by atoms with Crippen molar-refractivity contribution in [2.45, 2.75) is 13.0 Å². The first-order valence-electron chi connectivity index (χ1n) is 5.52. The Morgan fingerprint density at radius 1 is 1.41 bits per heavy atom. The Balaban J connectivity index is 2.09. The number of benzene rings is 1. The number of aromatic nitrogens is 2. The number of nitrogens with zero attached hydrogens (tertiary/aromatic N) is 3. The summed E-state index contributed by atoms with van der Waals surface area (Å²) >= 11 is 0. The van der Waals surface area contributed by atoms with E-state index in [0.717, 1.165) is 24.3 Å². The van der Waals surface area contributed by atoms with Gasteiger partial charge < -0.3 is 4.74 Å². The molecule has 2 aromatic rings. The molecule has 4 nitrogen and oxygen atoms in total. The summed E-state index contributed by atoms with van der Waals surface area (Å²) in [5.74, 6) is 0. The van der Waals surface area contributed by atoms with Crippen LogP contribution in [0.1, 0.15) is 16.8 Å². The first-order valence-corrected chi connectivity index (χ1v) is 5.52. The van der Waals surface area contributed by atoms with Crippen molar-refractivity contribution in [2.24, 2.45) is 0 Å². The van der Waals surface area contributed by atoms with E-state index in [1.54, 1.807) is 6.07 Å². The predicted octanol–water partition coefficient (Wildman–Crippen LogP) is 1.82. The lowest BCUT2D eigenvalue weighted by Gasteiger charge is -2.14. The van der Waals surface area contributed by atoms with Crippen LogP contribution in [0.25, 0.3) is 5.69 Å². The maximum atomic E-state index is 8.90. The van der Waals surface area contributed by atoms with Crippen molar-refractivity contribution in [2.75, 3.05) is 6.61 Å². The molecule has 0 N–H and O–H groups in total. The van der Waals surface area contributed by atoms with E-state index in [1.807, 2.05) is 29.1 Å². The van der Waals surface area contributed by atoms with Gasteiger partial charge in [-0.15, -0.1) is 0 Å². The maximum absolute atomic E-state index is 8.90. The third-order valence-corrected chi connectivity index (χ3v) is 2.92. The van der Waals surface area contributed by atoms with Gasteiger partial charge in [0.05, 0.1) is 42.4 Å². The number of fused-ring (bicyclic) bond motifs is 1. The zero-order valence-corrected chi connectivity index (χ0v) is 9.26. The Morgan fingerprint density at radius 2 is 2.35 bits per heavy atom. The summed E-state index contributed by atoms with van der Waals surface area (Å²) in [6.45, 7) is 1.36. The molecule has 84 valence electrons.